The number of thiazole rings is 1. The van der Waals surface area contributed by atoms with Gasteiger partial charge in [0.05, 0.1) is 16.0 Å². The monoisotopic (exact) mass is 350 g/mol. The molecule has 2 aromatic rings. The molecule has 1 aromatic heterocycles. The Kier molecular flexibility index (Phi) is 4.11. The summed E-state index contributed by atoms with van der Waals surface area (Å²) in [4.78, 5) is 5.72. The SMILES string of the molecule is CC(C)(C)S(=O)(=O)NC1(c2ccccc2)CCCc2scnc21. The first-order chi connectivity index (χ1) is 10.8. The molecule has 1 aliphatic rings. The van der Waals surface area contributed by atoms with Crippen molar-refractivity contribution < 1.29 is 8.42 Å². The number of fused-ring (bicyclic) bond motifs is 1. The molecule has 6 heteroatoms. The second kappa shape index (κ2) is 5.69. The van der Waals surface area contributed by atoms with Gasteiger partial charge in [-0.2, -0.15) is 4.72 Å². The van der Waals surface area contributed by atoms with Crippen LogP contribution in [-0.4, -0.2) is 18.1 Å². The Hall–Kier alpha value is -1.24. The number of hydrogen-bond acceptors (Lipinski definition) is 4. The molecule has 0 radical (unpaired) electrons. The van der Waals surface area contributed by atoms with Gasteiger partial charge < -0.3 is 0 Å². The van der Waals surface area contributed by atoms with E-state index in [1.54, 1.807) is 32.1 Å². The fourth-order valence-electron chi connectivity index (χ4n) is 2.97. The van der Waals surface area contributed by atoms with E-state index >= 15 is 0 Å². The predicted molar refractivity (Wildman–Crippen MR) is 94.1 cm³/mol. The average molecular weight is 351 g/mol. The van der Waals surface area contributed by atoms with E-state index in [4.69, 9.17) is 0 Å². The maximum Gasteiger partial charge on any atom is 0.217 e. The zero-order valence-corrected chi connectivity index (χ0v) is 15.3. The summed E-state index contributed by atoms with van der Waals surface area (Å²) < 4.78 is 27.9. The lowest BCUT2D eigenvalue weighted by molar-refractivity contribution is 0.385. The van der Waals surface area contributed by atoms with E-state index in [1.165, 1.54) is 4.88 Å². The molecule has 0 amide bonds. The van der Waals surface area contributed by atoms with Gasteiger partial charge in [0.1, 0.15) is 5.54 Å². The summed E-state index contributed by atoms with van der Waals surface area (Å²) in [5, 5.41) is 0. The van der Waals surface area contributed by atoms with Crippen LogP contribution in [0.25, 0.3) is 0 Å². The van der Waals surface area contributed by atoms with Crippen molar-refractivity contribution in [2.45, 2.75) is 50.3 Å². The second-order valence-electron chi connectivity index (χ2n) is 6.97. The first-order valence-corrected chi connectivity index (χ1v) is 10.1. The summed E-state index contributed by atoms with van der Waals surface area (Å²) in [5.41, 5.74) is 2.88. The van der Waals surface area contributed by atoms with Gasteiger partial charge in [-0.05, 0) is 45.6 Å². The lowest BCUT2D eigenvalue weighted by Gasteiger charge is -2.39. The minimum atomic E-state index is -3.51. The third-order valence-corrected chi connectivity index (χ3v) is 7.50. The Morgan fingerprint density at radius 2 is 1.91 bits per heavy atom. The fourth-order valence-corrected chi connectivity index (χ4v) is 4.94. The molecule has 0 saturated heterocycles. The van der Waals surface area contributed by atoms with Gasteiger partial charge in [0.15, 0.2) is 0 Å². The smallest absolute Gasteiger partial charge is 0.217 e. The molecular weight excluding hydrogens is 328 g/mol. The largest absolute Gasteiger partial charge is 0.247 e. The molecule has 1 aromatic carbocycles. The Morgan fingerprint density at radius 1 is 1.22 bits per heavy atom. The maximum atomic E-state index is 12.9. The molecule has 0 spiro atoms. The molecule has 0 saturated carbocycles. The molecule has 1 atom stereocenters. The third kappa shape index (κ3) is 2.84. The number of hydrogen-bond donors (Lipinski definition) is 1. The summed E-state index contributed by atoms with van der Waals surface area (Å²) in [5.74, 6) is 0. The highest BCUT2D eigenvalue weighted by atomic mass is 32.2. The van der Waals surface area contributed by atoms with Crippen LogP contribution in [0.4, 0.5) is 0 Å². The van der Waals surface area contributed by atoms with Crippen molar-refractivity contribution in [2.75, 3.05) is 0 Å². The topological polar surface area (TPSA) is 59.1 Å². The summed E-state index contributed by atoms with van der Waals surface area (Å²) in [7, 11) is -3.51. The Bertz CT molecular complexity index is 792. The molecule has 1 N–H and O–H groups in total. The molecule has 4 nitrogen and oxygen atoms in total. The molecule has 1 unspecified atom stereocenters. The Balaban J connectivity index is 2.19. The van der Waals surface area contributed by atoms with Crippen LogP contribution in [0.15, 0.2) is 35.8 Å². The predicted octanol–water partition coefficient (Wildman–Crippen LogP) is 3.44. The molecule has 0 bridgehead atoms. The van der Waals surface area contributed by atoms with Gasteiger partial charge in [0.25, 0.3) is 0 Å². The highest BCUT2D eigenvalue weighted by Crippen LogP contribution is 2.42. The van der Waals surface area contributed by atoms with Crippen molar-refractivity contribution in [1.82, 2.24) is 9.71 Å². The van der Waals surface area contributed by atoms with Gasteiger partial charge in [-0.15, -0.1) is 11.3 Å². The number of nitrogens with one attached hydrogen (secondary N) is 1. The first kappa shape index (κ1) is 16.6. The molecule has 0 fully saturated rings. The highest BCUT2D eigenvalue weighted by Gasteiger charge is 2.46. The number of aryl methyl sites for hydroxylation is 1. The van der Waals surface area contributed by atoms with E-state index < -0.39 is 20.3 Å². The van der Waals surface area contributed by atoms with Gasteiger partial charge >= 0.3 is 0 Å². The molecule has 3 rings (SSSR count). The van der Waals surface area contributed by atoms with Gasteiger partial charge in [-0.25, -0.2) is 13.4 Å². The average Bonchev–Trinajstić information content (AvgIpc) is 2.96. The van der Waals surface area contributed by atoms with Gasteiger partial charge in [0.2, 0.25) is 10.0 Å². The third-order valence-electron chi connectivity index (χ3n) is 4.38. The van der Waals surface area contributed by atoms with Crippen molar-refractivity contribution in [1.29, 1.82) is 0 Å². The normalized spacial score (nSPS) is 21.9. The maximum absolute atomic E-state index is 12.9. The van der Waals surface area contributed by atoms with Crippen LogP contribution in [-0.2, 0) is 22.0 Å². The molecule has 1 heterocycles. The van der Waals surface area contributed by atoms with Crippen LogP contribution in [0.2, 0.25) is 0 Å². The van der Waals surface area contributed by atoms with Crippen LogP contribution in [0.5, 0.6) is 0 Å². The fraction of sp³-hybridized carbons (Fsp3) is 0.471. The number of aromatic nitrogens is 1. The van der Waals surface area contributed by atoms with Crippen LogP contribution in [0, 0.1) is 0 Å². The minimum Gasteiger partial charge on any atom is -0.247 e. The van der Waals surface area contributed by atoms with E-state index in [2.05, 4.69) is 9.71 Å². The summed E-state index contributed by atoms with van der Waals surface area (Å²) in [6.07, 6.45) is 2.63. The van der Waals surface area contributed by atoms with E-state index in [-0.39, 0.29) is 0 Å². The van der Waals surface area contributed by atoms with Crippen molar-refractivity contribution >= 4 is 21.4 Å². The van der Waals surface area contributed by atoms with Crippen molar-refractivity contribution in [2.24, 2.45) is 0 Å². The number of sulfonamides is 1. The van der Waals surface area contributed by atoms with E-state index in [1.807, 2.05) is 35.8 Å². The van der Waals surface area contributed by atoms with Gasteiger partial charge in [-0.1, -0.05) is 30.3 Å². The van der Waals surface area contributed by atoms with E-state index in [0.29, 0.717) is 0 Å². The van der Waals surface area contributed by atoms with Gasteiger partial charge in [-0.3, -0.25) is 0 Å². The van der Waals surface area contributed by atoms with Crippen LogP contribution in [0.1, 0.15) is 49.7 Å². The van der Waals surface area contributed by atoms with Crippen molar-refractivity contribution in [3.8, 4) is 0 Å². The molecule has 1 aliphatic carbocycles. The van der Waals surface area contributed by atoms with Crippen LogP contribution < -0.4 is 4.72 Å². The molecule has 23 heavy (non-hydrogen) atoms. The molecule has 124 valence electrons. The van der Waals surface area contributed by atoms with Crippen molar-refractivity contribution in [3.63, 3.8) is 0 Å². The zero-order chi connectivity index (χ0) is 16.7. The zero-order valence-electron chi connectivity index (χ0n) is 13.7. The second-order valence-corrected chi connectivity index (χ2v) is 10.3. The molecule has 0 aliphatic heterocycles. The number of benzene rings is 1. The minimum absolute atomic E-state index is 0.725. The van der Waals surface area contributed by atoms with E-state index in [0.717, 1.165) is 30.5 Å². The quantitative estimate of drug-likeness (QED) is 0.922. The van der Waals surface area contributed by atoms with Gasteiger partial charge in [0, 0.05) is 4.88 Å². The number of rotatable bonds is 3. The van der Waals surface area contributed by atoms with Crippen LogP contribution in [0.3, 0.4) is 0 Å². The Labute approximate surface area is 142 Å². The van der Waals surface area contributed by atoms with Crippen molar-refractivity contribution in [3.05, 3.63) is 52.0 Å². The number of nitrogens with zero attached hydrogens (tertiary/aromatic N) is 1. The summed E-state index contributed by atoms with van der Waals surface area (Å²) in [6.45, 7) is 5.16. The lowest BCUT2D eigenvalue weighted by atomic mass is 9.78. The summed E-state index contributed by atoms with van der Waals surface area (Å²) >= 11 is 1.61. The lowest BCUT2D eigenvalue weighted by Crippen LogP contribution is -2.53. The first-order valence-electron chi connectivity index (χ1n) is 7.78. The summed E-state index contributed by atoms with van der Waals surface area (Å²) in [6, 6.07) is 9.81. The standard InChI is InChI=1S/C17H22N2O2S2/c1-16(2,3)23(20,21)19-17(13-8-5-4-6-9-13)11-7-10-14-15(17)18-12-22-14/h4-6,8-9,12,19H,7,10-11H2,1-3H3. The highest BCUT2D eigenvalue weighted by molar-refractivity contribution is 7.90. The van der Waals surface area contributed by atoms with E-state index in [9.17, 15) is 8.42 Å². The molecular formula is C17H22N2O2S2. The van der Waals surface area contributed by atoms with Crippen LogP contribution >= 0.6 is 11.3 Å². The Morgan fingerprint density at radius 3 is 2.57 bits per heavy atom.